The molecule has 1 aromatic rings. The lowest BCUT2D eigenvalue weighted by Gasteiger charge is -2.15. The molecule has 0 aliphatic rings. The van der Waals surface area contributed by atoms with E-state index in [1.807, 2.05) is 19.1 Å². The molecular weight excluding hydrogens is 443 g/mol. The lowest BCUT2D eigenvalue weighted by atomic mass is 10.3. The Balaban J connectivity index is 0.00000529. The fourth-order valence-electron chi connectivity index (χ4n) is 1.94. The van der Waals surface area contributed by atoms with Crippen molar-refractivity contribution in [1.82, 2.24) is 14.9 Å². The molecule has 1 aromatic heterocycles. The highest BCUT2D eigenvalue weighted by Gasteiger charge is 2.13. The first-order chi connectivity index (χ1) is 11.0. The molecule has 140 valence electrons. The molecule has 0 aliphatic carbocycles. The third-order valence-corrected chi connectivity index (χ3v) is 5.19. The monoisotopic (exact) mass is 472 g/mol. The van der Waals surface area contributed by atoms with E-state index in [0.717, 1.165) is 31.2 Å². The summed E-state index contributed by atoms with van der Waals surface area (Å²) in [4.78, 5) is 4.45. The first-order valence-corrected chi connectivity index (χ1v) is 9.59. The first-order valence-electron chi connectivity index (χ1n) is 7.98. The van der Waals surface area contributed by atoms with Crippen molar-refractivity contribution in [3.63, 3.8) is 0 Å². The molecule has 0 unspecified atom stereocenters. The van der Waals surface area contributed by atoms with Crippen molar-refractivity contribution in [3.8, 4) is 0 Å². The van der Waals surface area contributed by atoms with Gasteiger partial charge in [0.2, 0.25) is 10.0 Å². The second kappa shape index (κ2) is 12.5. The lowest BCUT2D eigenvalue weighted by Crippen LogP contribution is -2.38. The minimum absolute atomic E-state index is 0. The molecule has 1 heterocycles. The standard InChI is InChI=1S/C15H28N4O3S.HI/c1-4-16-15(18-11-9-14-8-6-13-22-14)17-10-7-12-19(3)23(20,21)5-2;/h6,8,13H,4-5,7,9-12H2,1-3H3,(H2,16,17,18);1H. The van der Waals surface area contributed by atoms with Crippen LogP contribution in [-0.2, 0) is 16.4 Å². The number of hydrogen-bond donors (Lipinski definition) is 2. The van der Waals surface area contributed by atoms with Gasteiger partial charge in [0.15, 0.2) is 5.96 Å². The molecule has 0 saturated carbocycles. The molecule has 0 saturated heterocycles. The zero-order valence-corrected chi connectivity index (χ0v) is 17.8. The molecule has 2 N–H and O–H groups in total. The van der Waals surface area contributed by atoms with Crippen LogP contribution in [-0.4, -0.2) is 57.7 Å². The lowest BCUT2D eigenvalue weighted by molar-refractivity contribution is 0.464. The van der Waals surface area contributed by atoms with Gasteiger partial charge in [0.1, 0.15) is 5.76 Å². The molecule has 0 aliphatic heterocycles. The van der Waals surface area contributed by atoms with E-state index in [4.69, 9.17) is 4.42 Å². The zero-order valence-electron chi connectivity index (χ0n) is 14.6. The number of halogens is 1. The minimum Gasteiger partial charge on any atom is -0.469 e. The number of nitrogens with one attached hydrogen (secondary N) is 2. The first kappa shape index (κ1) is 23.2. The summed E-state index contributed by atoms with van der Waals surface area (Å²) < 4.78 is 29.9. The average Bonchev–Trinajstić information content (AvgIpc) is 3.04. The van der Waals surface area contributed by atoms with Crippen molar-refractivity contribution < 1.29 is 12.8 Å². The van der Waals surface area contributed by atoms with E-state index in [-0.39, 0.29) is 29.7 Å². The van der Waals surface area contributed by atoms with Crippen molar-refractivity contribution in [2.45, 2.75) is 26.7 Å². The van der Waals surface area contributed by atoms with Crippen LogP contribution in [0.4, 0.5) is 0 Å². The minimum atomic E-state index is -3.11. The van der Waals surface area contributed by atoms with Crippen LogP contribution in [0.2, 0.25) is 0 Å². The van der Waals surface area contributed by atoms with Crippen LogP contribution in [0.25, 0.3) is 0 Å². The van der Waals surface area contributed by atoms with E-state index < -0.39 is 10.0 Å². The Morgan fingerprint density at radius 1 is 1.33 bits per heavy atom. The summed E-state index contributed by atoms with van der Waals surface area (Å²) in [7, 11) is -1.50. The van der Waals surface area contributed by atoms with E-state index in [1.54, 1.807) is 20.2 Å². The Hall–Kier alpha value is -0.810. The summed E-state index contributed by atoms with van der Waals surface area (Å²) in [6.45, 7) is 6.20. The summed E-state index contributed by atoms with van der Waals surface area (Å²) >= 11 is 0. The predicted octanol–water partition coefficient (Wildman–Crippen LogP) is 1.67. The smallest absolute Gasteiger partial charge is 0.213 e. The van der Waals surface area contributed by atoms with Gasteiger partial charge in [-0.3, -0.25) is 4.99 Å². The largest absolute Gasteiger partial charge is 0.469 e. The topological polar surface area (TPSA) is 86.9 Å². The van der Waals surface area contributed by atoms with Crippen LogP contribution in [0.15, 0.2) is 27.8 Å². The van der Waals surface area contributed by atoms with Gasteiger partial charge in [0, 0.05) is 39.6 Å². The van der Waals surface area contributed by atoms with Gasteiger partial charge in [-0.15, -0.1) is 24.0 Å². The number of furan rings is 1. The molecule has 7 nitrogen and oxygen atoms in total. The van der Waals surface area contributed by atoms with Gasteiger partial charge in [-0.25, -0.2) is 12.7 Å². The second-order valence-electron chi connectivity index (χ2n) is 5.09. The van der Waals surface area contributed by atoms with Gasteiger partial charge in [-0.1, -0.05) is 0 Å². The maximum absolute atomic E-state index is 11.6. The van der Waals surface area contributed by atoms with Crippen molar-refractivity contribution >= 4 is 40.0 Å². The average molecular weight is 472 g/mol. The predicted molar refractivity (Wildman–Crippen MR) is 109 cm³/mol. The van der Waals surface area contributed by atoms with Gasteiger partial charge >= 0.3 is 0 Å². The van der Waals surface area contributed by atoms with E-state index in [1.165, 1.54) is 4.31 Å². The van der Waals surface area contributed by atoms with Crippen LogP contribution < -0.4 is 10.6 Å². The Morgan fingerprint density at radius 3 is 2.67 bits per heavy atom. The summed E-state index contributed by atoms with van der Waals surface area (Å²) in [5, 5.41) is 6.40. The fraction of sp³-hybridized carbons (Fsp3) is 0.667. The normalized spacial score (nSPS) is 12.1. The third-order valence-electron chi connectivity index (χ3n) is 3.33. The van der Waals surface area contributed by atoms with E-state index in [9.17, 15) is 8.42 Å². The number of guanidine groups is 1. The number of nitrogens with zero attached hydrogens (tertiary/aromatic N) is 2. The molecule has 0 atom stereocenters. The summed E-state index contributed by atoms with van der Waals surface area (Å²) in [6.07, 6.45) is 3.13. The molecule has 0 fully saturated rings. The molecule has 9 heteroatoms. The van der Waals surface area contributed by atoms with E-state index >= 15 is 0 Å². The molecule has 0 radical (unpaired) electrons. The van der Waals surface area contributed by atoms with Gasteiger partial charge in [0.05, 0.1) is 12.0 Å². The van der Waals surface area contributed by atoms with Crippen molar-refractivity contribution in [2.24, 2.45) is 4.99 Å². The van der Waals surface area contributed by atoms with Crippen molar-refractivity contribution in [2.75, 3.05) is 39.0 Å². The quantitative estimate of drug-likeness (QED) is 0.234. The molecule has 24 heavy (non-hydrogen) atoms. The zero-order chi connectivity index (χ0) is 17.1. The van der Waals surface area contributed by atoms with E-state index in [0.29, 0.717) is 19.5 Å². The van der Waals surface area contributed by atoms with Crippen molar-refractivity contribution in [3.05, 3.63) is 24.2 Å². The number of hydrogen-bond acceptors (Lipinski definition) is 4. The molecule has 1 rings (SSSR count). The van der Waals surface area contributed by atoms with Crippen LogP contribution in [0.3, 0.4) is 0 Å². The SMILES string of the molecule is CCNC(=NCCCN(C)S(=O)(=O)CC)NCCc1ccco1.I. The maximum atomic E-state index is 11.6. The van der Waals surface area contributed by atoms with Crippen LogP contribution in [0, 0.1) is 0 Å². The van der Waals surface area contributed by atoms with Gasteiger partial charge < -0.3 is 15.1 Å². The van der Waals surface area contributed by atoms with Crippen LogP contribution in [0.1, 0.15) is 26.0 Å². The molecule has 0 bridgehead atoms. The third kappa shape index (κ3) is 8.88. The Morgan fingerprint density at radius 2 is 2.08 bits per heavy atom. The molecular formula is C15H29IN4O3S. The number of rotatable bonds is 10. The summed E-state index contributed by atoms with van der Waals surface area (Å²) in [5.74, 6) is 1.80. The summed E-state index contributed by atoms with van der Waals surface area (Å²) in [6, 6.07) is 3.81. The van der Waals surface area contributed by atoms with Gasteiger partial charge in [-0.2, -0.15) is 0 Å². The highest BCUT2D eigenvalue weighted by atomic mass is 127. The van der Waals surface area contributed by atoms with Crippen molar-refractivity contribution in [1.29, 1.82) is 0 Å². The Bertz CT molecular complexity index is 561. The highest BCUT2D eigenvalue weighted by molar-refractivity contribution is 14.0. The second-order valence-corrected chi connectivity index (χ2v) is 7.46. The van der Waals surface area contributed by atoms with Crippen LogP contribution >= 0.6 is 24.0 Å². The Kier molecular flexibility index (Phi) is 12.1. The molecule has 0 amide bonds. The Labute approximate surface area is 162 Å². The summed E-state index contributed by atoms with van der Waals surface area (Å²) in [5.41, 5.74) is 0. The fourth-order valence-corrected chi connectivity index (χ4v) is 2.79. The molecule has 0 spiro atoms. The highest BCUT2D eigenvalue weighted by Crippen LogP contribution is 2.00. The molecule has 0 aromatic carbocycles. The number of sulfonamides is 1. The number of aliphatic imine (C=N–C) groups is 1. The van der Waals surface area contributed by atoms with Gasteiger partial charge in [0.25, 0.3) is 0 Å². The van der Waals surface area contributed by atoms with Gasteiger partial charge in [-0.05, 0) is 32.4 Å². The maximum Gasteiger partial charge on any atom is 0.213 e. The van der Waals surface area contributed by atoms with Crippen LogP contribution in [0.5, 0.6) is 0 Å². The van der Waals surface area contributed by atoms with E-state index in [2.05, 4.69) is 15.6 Å².